The second kappa shape index (κ2) is 14.3. The Bertz CT molecular complexity index is 1030. The highest BCUT2D eigenvalue weighted by Gasteiger charge is 2.21. The summed E-state index contributed by atoms with van der Waals surface area (Å²) >= 11 is 0. The molecule has 194 valence electrons. The van der Waals surface area contributed by atoms with E-state index in [1.54, 1.807) is 12.1 Å². The summed E-state index contributed by atoms with van der Waals surface area (Å²) in [5, 5.41) is 29.6. The molecule has 14 heteroatoms. The molecule has 1 atom stereocenters. The Balaban J connectivity index is 1.86. The molecule has 14 nitrogen and oxygen atoms in total. The van der Waals surface area contributed by atoms with Crippen LogP contribution in [0.3, 0.4) is 0 Å². The number of ether oxygens (including phenoxy) is 3. The fourth-order valence-electron chi connectivity index (χ4n) is 2.84. The number of unbranched alkanes of at least 4 members (excludes halogenated alkanes) is 1. The van der Waals surface area contributed by atoms with Crippen molar-refractivity contribution in [2.45, 2.75) is 32.2 Å². The molecule has 2 aromatic carbocycles. The Morgan fingerprint density at radius 1 is 0.972 bits per heavy atom. The van der Waals surface area contributed by atoms with Crippen molar-refractivity contribution < 1.29 is 48.8 Å². The Hall–Kier alpha value is -4.11. The Morgan fingerprint density at radius 3 is 2.06 bits per heavy atom. The van der Waals surface area contributed by atoms with Crippen LogP contribution in [0.1, 0.15) is 25.3 Å². The predicted molar refractivity (Wildman–Crippen MR) is 119 cm³/mol. The van der Waals surface area contributed by atoms with Crippen LogP contribution in [0.25, 0.3) is 0 Å². The zero-order chi connectivity index (χ0) is 26.5. The minimum atomic E-state index is -1.05. The summed E-state index contributed by atoms with van der Waals surface area (Å²) in [7, 11) is 0. The largest absolute Gasteiger partial charge is 0.519 e. The number of hydrogen-bond donors (Lipinski definition) is 3. The van der Waals surface area contributed by atoms with Crippen molar-refractivity contribution in [2.75, 3.05) is 13.2 Å². The minimum absolute atomic E-state index is 0.00944. The summed E-state index contributed by atoms with van der Waals surface area (Å²) in [5.74, 6) is -0.861. The summed E-state index contributed by atoms with van der Waals surface area (Å²) in [6.07, 6.45) is -0.149. The van der Waals surface area contributed by atoms with Crippen LogP contribution < -0.4 is 14.8 Å². The summed E-state index contributed by atoms with van der Waals surface area (Å²) in [6.45, 7) is 1.31. The number of benzene rings is 2. The number of rotatable bonds is 13. The molecule has 1 unspecified atom stereocenters. The van der Waals surface area contributed by atoms with E-state index >= 15 is 0 Å². The van der Waals surface area contributed by atoms with Gasteiger partial charge in [-0.05, 0) is 42.7 Å². The number of nitrogens with zero attached hydrogens (tertiary/aromatic N) is 2. The van der Waals surface area contributed by atoms with Crippen molar-refractivity contribution >= 4 is 23.7 Å². The number of carbonyl (C=O) groups excluding carboxylic acids is 3. The lowest BCUT2D eigenvalue weighted by atomic mass is 10.1. The van der Waals surface area contributed by atoms with E-state index in [0.29, 0.717) is 18.4 Å². The number of nitro benzene ring substituents is 1. The lowest BCUT2D eigenvalue weighted by molar-refractivity contribution is -0.492. The minimum Gasteiger partial charge on any atom is -0.464 e. The molecule has 36 heavy (non-hydrogen) atoms. The Labute approximate surface area is 204 Å². The highest BCUT2D eigenvalue weighted by atomic mass is 17.1. The third-order valence-corrected chi connectivity index (χ3v) is 4.46. The zero-order valence-corrected chi connectivity index (χ0v) is 19.2. The third kappa shape index (κ3) is 10.4. The van der Waals surface area contributed by atoms with Crippen LogP contribution in [0.15, 0.2) is 48.5 Å². The SMILES string of the molecule is CC(=O)NC(Cc1ccc(OC(=O)Oc2ccc([N+](=O)[O-])cc2)cc1)C(=O)OCCCCON(O)O. The topological polar surface area (TPSA) is 187 Å². The van der Waals surface area contributed by atoms with E-state index in [2.05, 4.69) is 10.2 Å². The van der Waals surface area contributed by atoms with Crippen LogP contribution in [0.5, 0.6) is 11.5 Å². The Morgan fingerprint density at radius 2 is 1.53 bits per heavy atom. The van der Waals surface area contributed by atoms with Crippen LogP contribution in [0, 0.1) is 10.1 Å². The maximum atomic E-state index is 12.4. The van der Waals surface area contributed by atoms with E-state index in [9.17, 15) is 24.5 Å². The standard InChI is InChI=1S/C22H25N3O11/c1-15(26)23-20(21(27)33-12-2-3-13-34-25(31)32)14-16-4-8-18(9-5-16)35-22(28)36-19-10-6-17(7-11-19)24(29)30/h4-11,20,31-32H,2-3,12-14H2,1H3,(H,23,26). The first kappa shape index (κ1) is 28.1. The van der Waals surface area contributed by atoms with E-state index < -0.39 is 34.4 Å². The van der Waals surface area contributed by atoms with Gasteiger partial charge in [0.25, 0.3) is 5.69 Å². The summed E-state index contributed by atoms with van der Waals surface area (Å²) < 4.78 is 15.2. The predicted octanol–water partition coefficient (Wildman–Crippen LogP) is 2.56. The van der Waals surface area contributed by atoms with Gasteiger partial charge in [-0.2, -0.15) is 0 Å². The Kier molecular flexibility index (Phi) is 11.2. The van der Waals surface area contributed by atoms with E-state index in [1.807, 2.05) is 0 Å². The lowest BCUT2D eigenvalue weighted by Gasteiger charge is -2.17. The number of esters is 1. The fourth-order valence-corrected chi connectivity index (χ4v) is 2.84. The molecule has 0 heterocycles. The van der Waals surface area contributed by atoms with Crippen molar-refractivity contribution in [3.05, 3.63) is 64.2 Å². The van der Waals surface area contributed by atoms with E-state index in [-0.39, 0.29) is 36.8 Å². The first-order valence-corrected chi connectivity index (χ1v) is 10.6. The number of non-ortho nitro benzene ring substituents is 1. The monoisotopic (exact) mass is 507 g/mol. The molecule has 0 fully saturated rings. The van der Waals surface area contributed by atoms with Gasteiger partial charge in [0.15, 0.2) is 0 Å². The van der Waals surface area contributed by atoms with E-state index in [4.69, 9.17) is 24.6 Å². The average Bonchev–Trinajstić information content (AvgIpc) is 2.81. The third-order valence-electron chi connectivity index (χ3n) is 4.46. The molecule has 2 rings (SSSR count). The number of hydrogen-bond acceptors (Lipinski definition) is 12. The highest BCUT2D eigenvalue weighted by Crippen LogP contribution is 2.19. The summed E-state index contributed by atoms with van der Waals surface area (Å²) in [5.41, 5.74) is 0.487. The van der Waals surface area contributed by atoms with Crippen LogP contribution in [0.2, 0.25) is 0 Å². The maximum absolute atomic E-state index is 12.4. The van der Waals surface area contributed by atoms with Gasteiger partial charge in [0.05, 0.1) is 23.5 Å². The van der Waals surface area contributed by atoms with Crippen molar-refractivity contribution in [3.63, 3.8) is 0 Å². The highest BCUT2D eigenvalue weighted by molar-refractivity contribution is 5.83. The van der Waals surface area contributed by atoms with Crippen molar-refractivity contribution in [2.24, 2.45) is 0 Å². The summed E-state index contributed by atoms with van der Waals surface area (Å²) in [4.78, 5) is 50.3. The second-order valence-electron chi connectivity index (χ2n) is 7.27. The van der Waals surface area contributed by atoms with E-state index in [0.717, 1.165) is 0 Å². The van der Waals surface area contributed by atoms with Crippen LogP contribution in [-0.4, -0.2) is 58.0 Å². The first-order valence-electron chi connectivity index (χ1n) is 10.6. The first-order chi connectivity index (χ1) is 17.1. The smallest absolute Gasteiger partial charge is 0.464 e. The van der Waals surface area contributed by atoms with Gasteiger partial charge >= 0.3 is 12.1 Å². The molecule has 0 bridgehead atoms. The number of nitrogens with one attached hydrogen (secondary N) is 1. The van der Waals surface area contributed by atoms with Crippen LogP contribution >= 0.6 is 0 Å². The molecule has 0 aliphatic rings. The molecule has 0 aliphatic heterocycles. The lowest BCUT2D eigenvalue weighted by Crippen LogP contribution is -2.42. The number of carbonyl (C=O) groups is 3. The van der Waals surface area contributed by atoms with Crippen molar-refractivity contribution in [3.8, 4) is 11.5 Å². The molecular formula is C22H25N3O11. The van der Waals surface area contributed by atoms with Crippen molar-refractivity contribution in [1.82, 2.24) is 10.7 Å². The molecule has 0 spiro atoms. The van der Waals surface area contributed by atoms with Gasteiger partial charge in [-0.1, -0.05) is 12.1 Å². The molecule has 0 saturated heterocycles. The van der Waals surface area contributed by atoms with Gasteiger partial charge in [-0.25, -0.2) is 9.59 Å². The van der Waals surface area contributed by atoms with Crippen molar-refractivity contribution in [1.29, 1.82) is 0 Å². The van der Waals surface area contributed by atoms with Gasteiger partial charge in [-0.3, -0.25) is 30.2 Å². The summed E-state index contributed by atoms with van der Waals surface area (Å²) in [6, 6.07) is 10.0. The van der Waals surface area contributed by atoms with E-state index in [1.165, 1.54) is 43.3 Å². The maximum Gasteiger partial charge on any atom is 0.519 e. The quantitative estimate of drug-likeness (QED) is 0.118. The molecule has 3 N–H and O–H groups in total. The molecule has 0 aliphatic carbocycles. The average molecular weight is 507 g/mol. The van der Waals surface area contributed by atoms with Gasteiger partial charge in [0.2, 0.25) is 5.91 Å². The zero-order valence-electron chi connectivity index (χ0n) is 19.2. The fraction of sp³-hybridized carbons (Fsp3) is 0.318. The van der Waals surface area contributed by atoms with Crippen LogP contribution in [0.4, 0.5) is 10.5 Å². The number of nitro groups is 1. The molecule has 0 radical (unpaired) electrons. The van der Waals surface area contributed by atoms with Gasteiger partial charge < -0.3 is 19.5 Å². The normalized spacial score (nSPS) is 11.4. The number of amides is 1. The van der Waals surface area contributed by atoms with Gasteiger partial charge in [0, 0.05) is 25.5 Å². The van der Waals surface area contributed by atoms with Gasteiger partial charge in [-0.15, -0.1) is 0 Å². The molecule has 1 amide bonds. The van der Waals surface area contributed by atoms with Crippen LogP contribution in [-0.2, 0) is 25.6 Å². The molecule has 0 saturated carbocycles. The second-order valence-corrected chi connectivity index (χ2v) is 7.27. The molecule has 2 aromatic rings. The molecule has 0 aromatic heterocycles. The molecular weight excluding hydrogens is 482 g/mol. The van der Waals surface area contributed by atoms with Gasteiger partial charge in [0.1, 0.15) is 17.5 Å².